The maximum Gasteiger partial charge on any atom is 0.216 e. The molecule has 2 saturated heterocycles. The standard InChI is InChI=1S/C29H32N8O/c1-35-15-4-5-20(35)10-12-32-26-27(38)21-8-9-25(36-16-11-19(18-36)23-17-30-13-14-31-23)34-28(21)37-24-7-3-2-6-22(24)33-29(26)37/h2-3,6-9,13-14,17,19-20,32-33H,4-5,10-12,15-16,18H2,1H3. The number of aromatic nitrogens is 5. The smallest absolute Gasteiger partial charge is 0.216 e. The van der Waals surface area contributed by atoms with Crippen molar-refractivity contribution < 1.29 is 0 Å². The first-order valence-electron chi connectivity index (χ1n) is 13.6. The number of rotatable bonds is 6. The number of pyridine rings is 2. The van der Waals surface area contributed by atoms with Crippen LogP contribution in [-0.2, 0) is 0 Å². The van der Waals surface area contributed by atoms with Crippen LogP contribution in [0.1, 0.15) is 37.3 Å². The Morgan fingerprint density at radius 1 is 1.11 bits per heavy atom. The molecule has 2 N–H and O–H groups in total. The fraction of sp³-hybridized carbons (Fsp3) is 0.379. The summed E-state index contributed by atoms with van der Waals surface area (Å²) in [6.45, 7) is 3.63. The average molecular weight is 509 g/mol. The van der Waals surface area contributed by atoms with Crippen molar-refractivity contribution in [3.8, 4) is 0 Å². The van der Waals surface area contributed by atoms with E-state index in [1.165, 1.54) is 12.8 Å². The third-order valence-corrected chi connectivity index (χ3v) is 8.37. The maximum atomic E-state index is 13.8. The summed E-state index contributed by atoms with van der Waals surface area (Å²) in [6.07, 6.45) is 9.80. The van der Waals surface area contributed by atoms with E-state index in [0.717, 1.165) is 67.2 Å². The minimum Gasteiger partial charge on any atom is -0.379 e. The van der Waals surface area contributed by atoms with Crippen LogP contribution in [0.15, 0.2) is 59.8 Å². The largest absolute Gasteiger partial charge is 0.379 e. The summed E-state index contributed by atoms with van der Waals surface area (Å²) in [7, 11) is 2.19. The molecule has 0 bridgehead atoms. The number of hydrogen-bond acceptors (Lipinski definition) is 7. The minimum absolute atomic E-state index is 0.00996. The van der Waals surface area contributed by atoms with Gasteiger partial charge in [0.05, 0.1) is 22.1 Å². The van der Waals surface area contributed by atoms with E-state index in [4.69, 9.17) is 4.98 Å². The van der Waals surface area contributed by atoms with Crippen LogP contribution in [0.4, 0.5) is 11.5 Å². The van der Waals surface area contributed by atoms with Crippen LogP contribution in [0.3, 0.4) is 0 Å². The Morgan fingerprint density at radius 2 is 2.03 bits per heavy atom. The lowest BCUT2D eigenvalue weighted by Crippen LogP contribution is -2.27. The molecule has 0 amide bonds. The Morgan fingerprint density at radius 3 is 2.87 bits per heavy atom. The van der Waals surface area contributed by atoms with Gasteiger partial charge in [0, 0.05) is 50.2 Å². The van der Waals surface area contributed by atoms with Crippen molar-refractivity contribution >= 4 is 39.2 Å². The van der Waals surface area contributed by atoms with Crippen LogP contribution >= 0.6 is 0 Å². The highest BCUT2D eigenvalue weighted by Gasteiger charge is 2.27. The summed E-state index contributed by atoms with van der Waals surface area (Å²) in [6, 6.07) is 12.7. The normalized spacial score (nSPS) is 20.3. The highest BCUT2D eigenvalue weighted by atomic mass is 16.1. The van der Waals surface area contributed by atoms with Crippen molar-refractivity contribution in [2.24, 2.45) is 0 Å². The van der Waals surface area contributed by atoms with E-state index in [0.29, 0.717) is 28.7 Å². The fourth-order valence-corrected chi connectivity index (χ4v) is 6.28. The number of fused-ring (bicyclic) bond motifs is 5. The zero-order valence-corrected chi connectivity index (χ0v) is 21.6. The van der Waals surface area contributed by atoms with Crippen molar-refractivity contribution in [1.82, 2.24) is 29.2 Å². The Balaban J connectivity index is 1.28. The maximum absolute atomic E-state index is 13.8. The third kappa shape index (κ3) is 3.89. The van der Waals surface area contributed by atoms with E-state index in [1.54, 1.807) is 12.4 Å². The van der Waals surface area contributed by atoms with Gasteiger partial charge in [0.25, 0.3) is 0 Å². The lowest BCUT2D eigenvalue weighted by molar-refractivity contribution is 0.301. The third-order valence-electron chi connectivity index (χ3n) is 8.37. The number of nitrogens with one attached hydrogen (secondary N) is 2. The molecule has 9 nitrogen and oxygen atoms in total. The molecule has 7 rings (SSSR count). The molecule has 2 fully saturated rings. The van der Waals surface area contributed by atoms with Gasteiger partial charge in [0.15, 0.2) is 5.65 Å². The lowest BCUT2D eigenvalue weighted by atomic mass is 10.1. The van der Waals surface area contributed by atoms with Gasteiger partial charge in [-0.3, -0.25) is 19.2 Å². The van der Waals surface area contributed by atoms with Gasteiger partial charge in [-0.05, 0) is 63.5 Å². The van der Waals surface area contributed by atoms with Gasteiger partial charge in [0.1, 0.15) is 17.2 Å². The van der Waals surface area contributed by atoms with Gasteiger partial charge in [-0.1, -0.05) is 12.1 Å². The van der Waals surface area contributed by atoms with Gasteiger partial charge >= 0.3 is 0 Å². The number of benzene rings is 1. The first-order valence-corrected chi connectivity index (χ1v) is 13.6. The second kappa shape index (κ2) is 9.40. The van der Waals surface area contributed by atoms with Gasteiger partial charge < -0.3 is 20.1 Å². The van der Waals surface area contributed by atoms with Crippen molar-refractivity contribution in [2.45, 2.75) is 37.6 Å². The van der Waals surface area contributed by atoms with Gasteiger partial charge in [-0.2, -0.15) is 0 Å². The molecule has 2 aliphatic heterocycles. The van der Waals surface area contributed by atoms with Crippen molar-refractivity contribution in [3.63, 3.8) is 0 Å². The summed E-state index contributed by atoms with van der Waals surface area (Å²) in [5.74, 6) is 1.20. The van der Waals surface area contributed by atoms with Gasteiger partial charge in [0.2, 0.25) is 5.43 Å². The highest BCUT2D eigenvalue weighted by Crippen LogP contribution is 2.31. The van der Waals surface area contributed by atoms with Gasteiger partial charge in [-0.25, -0.2) is 4.98 Å². The van der Waals surface area contributed by atoms with Crippen LogP contribution in [0.25, 0.3) is 27.7 Å². The summed E-state index contributed by atoms with van der Waals surface area (Å²) in [5, 5.41) is 4.13. The predicted octanol–water partition coefficient (Wildman–Crippen LogP) is 4.01. The quantitative estimate of drug-likeness (QED) is 0.358. The molecule has 38 heavy (non-hydrogen) atoms. The second-order valence-corrected chi connectivity index (χ2v) is 10.6. The number of aromatic amines is 1. The molecule has 0 saturated carbocycles. The molecule has 2 aliphatic rings. The molecule has 0 spiro atoms. The van der Waals surface area contributed by atoms with Crippen molar-refractivity contribution in [1.29, 1.82) is 0 Å². The van der Waals surface area contributed by atoms with Crippen molar-refractivity contribution in [2.75, 3.05) is 43.4 Å². The summed E-state index contributed by atoms with van der Waals surface area (Å²) in [4.78, 5) is 35.9. The molecule has 9 heteroatoms. The van der Waals surface area contributed by atoms with Crippen LogP contribution in [0.2, 0.25) is 0 Å². The van der Waals surface area contributed by atoms with Crippen LogP contribution in [0.5, 0.6) is 0 Å². The number of para-hydroxylation sites is 2. The number of H-pyrrole nitrogens is 1. The number of imidazole rings is 1. The van der Waals surface area contributed by atoms with E-state index in [2.05, 4.69) is 47.6 Å². The number of anilines is 2. The molecule has 0 aliphatic carbocycles. The van der Waals surface area contributed by atoms with Crippen LogP contribution < -0.4 is 15.6 Å². The Labute approximate surface area is 220 Å². The monoisotopic (exact) mass is 508 g/mol. The molecule has 1 aromatic carbocycles. The SMILES string of the molecule is CN1CCCC1CCNc1c(=O)c2ccc(N3CCC(c4cnccn4)C3)nc2n2c1[nH]c1ccccc12. The molecule has 2 unspecified atom stereocenters. The second-order valence-electron chi connectivity index (χ2n) is 10.6. The minimum atomic E-state index is -0.00996. The van der Waals surface area contributed by atoms with Crippen LogP contribution in [0, 0.1) is 0 Å². The molecule has 5 aromatic rings. The molecular formula is C29H32N8O. The average Bonchev–Trinajstić information content (AvgIpc) is 3.69. The highest BCUT2D eigenvalue weighted by molar-refractivity contribution is 5.95. The number of nitrogens with zero attached hydrogens (tertiary/aromatic N) is 6. The molecule has 6 heterocycles. The van der Waals surface area contributed by atoms with Gasteiger partial charge in [-0.15, -0.1) is 0 Å². The molecular weight excluding hydrogens is 476 g/mol. The van der Waals surface area contributed by atoms with Crippen LogP contribution in [-0.4, -0.2) is 68.5 Å². The Kier molecular flexibility index (Phi) is 5.73. The zero-order valence-electron chi connectivity index (χ0n) is 21.6. The number of likely N-dealkylation sites (tertiary alicyclic amines) is 1. The van der Waals surface area contributed by atoms with E-state index < -0.39 is 0 Å². The van der Waals surface area contributed by atoms with E-state index in [1.807, 2.05) is 36.5 Å². The Bertz CT molecular complexity index is 1680. The summed E-state index contributed by atoms with van der Waals surface area (Å²) in [5.41, 5.74) is 5.07. The van der Waals surface area contributed by atoms with E-state index in [-0.39, 0.29) is 5.43 Å². The molecule has 194 valence electrons. The molecule has 2 atom stereocenters. The summed E-state index contributed by atoms with van der Waals surface area (Å²) >= 11 is 0. The fourth-order valence-electron chi connectivity index (χ4n) is 6.28. The number of hydrogen-bond donors (Lipinski definition) is 2. The topological polar surface area (TPSA) is 94.4 Å². The first-order chi connectivity index (χ1) is 18.7. The summed E-state index contributed by atoms with van der Waals surface area (Å²) < 4.78 is 2.11. The Hall–Kier alpha value is -3.98. The van der Waals surface area contributed by atoms with E-state index in [9.17, 15) is 4.79 Å². The molecule has 0 radical (unpaired) electrons. The van der Waals surface area contributed by atoms with E-state index >= 15 is 0 Å². The van der Waals surface area contributed by atoms with Crippen molar-refractivity contribution in [3.05, 3.63) is 70.9 Å². The molecule has 4 aromatic heterocycles. The predicted molar refractivity (Wildman–Crippen MR) is 151 cm³/mol. The zero-order chi connectivity index (χ0) is 25.6. The first kappa shape index (κ1) is 23.2. The lowest BCUT2D eigenvalue weighted by Gasteiger charge is -2.20.